The van der Waals surface area contributed by atoms with Crippen molar-refractivity contribution in [1.29, 1.82) is 0 Å². The van der Waals surface area contributed by atoms with Gasteiger partial charge >= 0.3 is 8.56 Å². The lowest BCUT2D eigenvalue weighted by molar-refractivity contribution is 0.191. The van der Waals surface area contributed by atoms with Gasteiger partial charge in [-0.05, 0) is 84.5 Å². The Kier molecular flexibility index (Phi) is 14.1. The van der Waals surface area contributed by atoms with Gasteiger partial charge in [0.05, 0.1) is 0 Å². The van der Waals surface area contributed by atoms with Crippen LogP contribution in [0.4, 0.5) is 0 Å². The molecule has 0 radical (unpaired) electrons. The molecule has 158 valence electrons. The molecular formula is C21H48N2O2Si. The topological polar surface area (TPSA) is 24.9 Å². The first-order valence-electron chi connectivity index (χ1n) is 10.6. The maximum Gasteiger partial charge on any atom is 0.338 e. The van der Waals surface area contributed by atoms with Gasteiger partial charge in [0.15, 0.2) is 0 Å². The molecule has 0 heterocycles. The van der Waals surface area contributed by atoms with Crippen molar-refractivity contribution < 1.29 is 8.85 Å². The molecule has 0 spiro atoms. The van der Waals surface area contributed by atoms with Gasteiger partial charge in [-0.15, -0.1) is 0 Å². The quantitative estimate of drug-likeness (QED) is 0.259. The smallest absolute Gasteiger partial charge is 0.338 e. The van der Waals surface area contributed by atoms with Gasteiger partial charge in [0.25, 0.3) is 0 Å². The van der Waals surface area contributed by atoms with E-state index < -0.39 is 8.56 Å². The number of hydrogen-bond donors (Lipinski definition) is 0. The molecule has 0 aromatic heterocycles. The predicted octanol–water partition coefficient (Wildman–Crippen LogP) is 4.99. The highest BCUT2D eigenvalue weighted by Gasteiger charge is 2.42. The summed E-state index contributed by atoms with van der Waals surface area (Å²) in [4.78, 5) is 4.59. The molecule has 0 aliphatic rings. The molecule has 0 bridgehead atoms. The molecule has 0 aromatic carbocycles. The van der Waals surface area contributed by atoms with E-state index in [2.05, 4.69) is 51.8 Å². The Morgan fingerprint density at radius 1 is 0.769 bits per heavy atom. The summed E-state index contributed by atoms with van der Waals surface area (Å²) in [7, 11) is 10.3. The van der Waals surface area contributed by atoms with Crippen LogP contribution in [-0.4, -0.2) is 73.9 Å². The molecule has 0 saturated carbocycles. The lowest BCUT2D eigenvalue weighted by Gasteiger charge is -2.38. The molecule has 0 rings (SSSR count). The van der Waals surface area contributed by atoms with Crippen molar-refractivity contribution in [3.05, 3.63) is 0 Å². The van der Waals surface area contributed by atoms with Crippen molar-refractivity contribution in [2.45, 2.75) is 77.3 Å². The van der Waals surface area contributed by atoms with Gasteiger partial charge in [0.1, 0.15) is 0 Å². The van der Waals surface area contributed by atoms with Crippen LogP contribution in [0.3, 0.4) is 0 Å². The van der Waals surface area contributed by atoms with Gasteiger partial charge in [-0.3, -0.25) is 0 Å². The normalized spacial score (nSPS) is 13.2. The molecule has 0 N–H and O–H groups in total. The summed E-state index contributed by atoms with van der Waals surface area (Å²) in [6, 6.07) is 2.26. The van der Waals surface area contributed by atoms with E-state index in [9.17, 15) is 0 Å². The Morgan fingerprint density at radius 3 is 1.65 bits per heavy atom. The molecule has 0 amide bonds. The lowest BCUT2D eigenvalue weighted by atomic mass is 9.82. The highest BCUT2D eigenvalue weighted by atomic mass is 28.4. The van der Waals surface area contributed by atoms with Gasteiger partial charge < -0.3 is 18.7 Å². The lowest BCUT2D eigenvalue weighted by Crippen LogP contribution is -2.44. The average Bonchev–Trinajstić information content (AvgIpc) is 2.57. The standard InChI is InChI=1S/C21H48N2O2Si/c1-9-10-11-12-19-26(24-7,25-8)20-21(2,15-13-17-22(3)4)16-14-18-23(5)6/h9-20H2,1-8H3. The second-order valence-corrected chi connectivity index (χ2v) is 12.4. The third kappa shape index (κ3) is 11.7. The second-order valence-electron chi connectivity index (χ2n) is 8.93. The Hall–Kier alpha value is 0.0569. The SMILES string of the molecule is CCCCCC[Si](CC(C)(CCCN(C)C)CCCN(C)C)(OC)OC. The molecule has 5 heteroatoms. The van der Waals surface area contributed by atoms with E-state index in [4.69, 9.17) is 8.85 Å². The van der Waals surface area contributed by atoms with Crippen LogP contribution in [0.2, 0.25) is 12.1 Å². The van der Waals surface area contributed by atoms with E-state index in [1.54, 1.807) is 0 Å². The van der Waals surface area contributed by atoms with Crippen LogP contribution in [0.25, 0.3) is 0 Å². The first-order chi connectivity index (χ1) is 12.2. The minimum Gasteiger partial charge on any atom is -0.398 e. The first-order valence-corrected chi connectivity index (χ1v) is 12.9. The van der Waals surface area contributed by atoms with Crippen LogP contribution in [0.5, 0.6) is 0 Å². The summed E-state index contributed by atoms with van der Waals surface area (Å²) in [5, 5.41) is 0. The number of unbranched alkanes of at least 4 members (excludes halogenated alkanes) is 3. The Labute approximate surface area is 165 Å². The number of rotatable bonds is 17. The van der Waals surface area contributed by atoms with E-state index >= 15 is 0 Å². The van der Waals surface area contributed by atoms with Crippen molar-refractivity contribution in [1.82, 2.24) is 9.80 Å². The zero-order valence-corrected chi connectivity index (χ0v) is 20.2. The fraction of sp³-hybridized carbons (Fsp3) is 1.00. The molecular weight excluding hydrogens is 340 g/mol. The van der Waals surface area contributed by atoms with E-state index in [1.165, 1.54) is 51.4 Å². The molecule has 0 fully saturated rings. The van der Waals surface area contributed by atoms with Gasteiger partial charge in [0.2, 0.25) is 0 Å². The van der Waals surface area contributed by atoms with E-state index in [-0.39, 0.29) is 0 Å². The summed E-state index contributed by atoms with van der Waals surface area (Å²) < 4.78 is 12.2. The van der Waals surface area contributed by atoms with Gasteiger partial charge in [0, 0.05) is 14.2 Å². The summed E-state index contributed by atoms with van der Waals surface area (Å²) in [5.41, 5.74) is 0.315. The van der Waals surface area contributed by atoms with Crippen LogP contribution < -0.4 is 0 Å². The minimum atomic E-state index is -2.11. The van der Waals surface area contributed by atoms with Crippen LogP contribution in [0, 0.1) is 5.41 Å². The molecule has 0 aromatic rings. The van der Waals surface area contributed by atoms with Crippen molar-refractivity contribution in [3.8, 4) is 0 Å². The molecule has 0 aliphatic carbocycles. The largest absolute Gasteiger partial charge is 0.398 e. The minimum absolute atomic E-state index is 0.315. The Morgan fingerprint density at radius 2 is 1.27 bits per heavy atom. The van der Waals surface area contributed by atoms with Gasteiger partial charge in [-0.2, -0.15) is 0 Å². The first kappa shape index (κ1) is 26.1. The highest BCUT2D eigenvalue weighted by Crippen LogP contribution is 2.40. The molecule has 0 atom stereocenters. The van der Waals surface area contributed by atoms with Crippen LogP contribution in [0.15, 0.2) is 0 Å². The maximum absolute atomic E-state index is 6.11. The van der Waals surface area contributed by atoms with Gasteiger partial charge in [-0.1, -0.05) is 39.5 Å². The molecule has 26 heavy (non-hydrogen) atoms. The van der Waals surface area contributed by atoms with Crippen molar-refractivity contribution in [2.24, 2.45) is 5.41 Å². The van der Waals surface area contributed by atoms with E-state index in [0.29, 0.717) is 5.41 Å². The molecule has 0 saturated heterocycles. The average molecular weight is 389 g/mol. The van der Waals surface area contributed by atoms with E-state index in [1.807, 2.05) is 14.2 Å². The maximum atomic E-state index is 6.11. The van der Waals surface area contributed by atoms with Crippen molar-refractivity contribution >= 4 is 8.56 Å². The van der Waals surface area contributed by atoms with Crippen LogP contribution in [0.1, 0.15) is 65.2 Å². The van der Waals surface area contributed by atoms with Crippen LogP contribution >= 0.6 is 0 Å². The number of nitrogens with zero attached hydrogens (tertiary/aromatic N) is 2. The van der Waals surface area contributed by atoms with Crippen molar-refractivity contribution in [3.63, 3.8) is 0 Å². The summed E-state index contributed by atoms with van der Waals surface area (Å²) >= 11 is 0. The molecule has 0 aliphatic heterocycles. The Balaban J connectivity index is 4.96. The van der Waals surface area contributed by atoms with Gasteiger partial charge in [-0.25, -0.2) is 0 Å². The summed E-state index contributed by atoms with van der Waals surface area (Å²) in [6.07, 6.45) is 10.2. The molecule has 4 nitrogen and oxygen atoms in total. The zero-order valence-electron chi connectivity index (χ0n) is 19.2. The second kappa shape index (κ2) is 14.1. The number of hydrogen-bond acceptors (Lipinski definition) is 4. The Bertz CT molecular complexity index is 320. The highest BCUT2D eigenvalue weighted by molar-refractivity contribution is 6.67. The van der Waals surface area contributed by atoms with E-state index in [0.717, 1.165) is 25.2 Å². The zero-order chi connectivity index (χ0) is 20.1. The third-order valence-corrected chi connectivity index (χ3v) is 9.62. The summed E-state index contributed by atoms with van der Waals surface area (Å²) in [5.74, 6) is 0. The monoisotopic (exact) mass is 388 g/mol. The predicted molar refractivity (Wildman–Crippen MR) is 117 cm³/mol. The fourth-order valence-corrected chi connectivity index (χ4v) is 7.42. The summed E-state index contributed by atoms with van der Waals surface area (Å²) in [6.45, 7) is 7.07. The molecule has 0 unspecified atom stereocenters. The van der Waals surface area contributed by atoms with Crippen molar-refractivity contribution in [2.75, 3.05) is 55.5 Å². The van der Waals surface area contributed by atoms with Crippen LogP contribution in [-0.2, 0) is 8.85 Å². The fourth-order valence-electron chi connectivity index (χ4n) is 3.94. The third-order valence-electron chi connectivity index (χ3n) is 5.62.